The highest BCUT2D eigenvalue weighted by atomic mass is 32.2. The van der Waals surface area contributed by atoms with Crippen molar-refractivity contribution in [1.29, 1.82) is 0 Å². The summed E-state index contributed by atoms with van der Waals surface area (Å²) in [5.41, 5.74) is 4.29. The van der Waals surface area contributed by atoms with Crippen LogP contribution in [0.25, 0.3) is 0 Å². The quantitative estimate of drug-likeness (QED) is 0.590. The summed E-state index contributed by atoms with van der Waals surface area (Å²) in [4.78, 5) is 12.5. The van der Waals surface area contributed by atoms with Gasteiger partial charge in [-0.25, -0.2) is 0 Å². The minimum atomic E-state index is -0.227. The molecule has 1 heterocycles. The predicted molar refractivity (Wildman–Crippen MR) is 113 cm³/mol. The molecule has 0 aliphatic heterocycles. The van der Waals surface area contributed by atoms with Crippen molar-refractivity contribution in [2.24, 2.45) is 0 Å². The number of nitrogens with one attached hydrogen (secondary N) is 1. The number of carbonyl (C=O) groups excluding carboxylic acids is 1. The van der Waals surface area contributed by atoms with Gasteiger partial charge in [0.2, 0.25) is 0 Å². The predicted octanol–water partition coefficient (Wildman–Crippen LogP) is 4.70. The Hall–Kier alpha value is -2.60. The first-order chi connectivity index (χ1) is 13.5. The molecule has 0 aliphatic rings. The van der Waals surface area contributed by atoms with Crippen molar-refractivity contribution in [2.75, 3.05) is 0 Å². The summed E-state index contributed by atoms with van der Waals surface area (Å²) in [5.74, 6) is 1.50. The monoisotopic (exact) mass is 394 g/mol. The molecule has 6 heteroatoms. The van der Waals surface area contributed by atoms with E-state index in [1.807, 2.05) is 38.1 Å². The van der Waals surface area contributed by atoms with Crippen LogP contribution in [0.3, 0.4) is 0 Å². The SMILES string of the molecule is CCn1c(SCc2ccc(C)cc2)nnc1C(C)NC(=O)c1ccc(C)cc1. The van der Waals surface area contributed by atoms with Gasteiger partial charge in [0.15, 0.2) is 11.0 Å². The van der Waals surface area contributed by atoms with Gasteiger partial charge < -0.3 is 9.88 Å². The molecule has 0 saturated carbocycles. The van der Waals surface area contributed by atoms with Crippen molar-refractivity contribution in [3.05, 3.63) is 76.6 Å². The highest BCUT2D eigenvalue weighted by Crippen LogP contribution is 2.24. The number of aromatic nitrogens is 3. The van der Waals surface area contributed by atoms with E-state index in [4.69, 9.17) is 0 Å². The molecular weight excluding hydrogens is 368 g/mol. The van der Waals surface area contributed by atoms with E-state index in [1.165, 1.54) is 11.1 Å². The second kappa shape index (κ2) is 9.06. The van der Waals surface area contributed by atoms with E-state index >= 15 is 0 Å². The van der Waals surface area contributed by atoms with Crippen LogP contribution >= 0.6 is 11.8 Å². The number of benzene rings is 2. The summed E-state index contributed by atoms with van der Waals surface area (Å²) in [5, 5.41) is 12.6. The van der Waals surface area contributed by atoms with Gasteiger partial charge in [-0.05, 0) is 45.4 Å². The van der Waals surface area contributed by atoms with E-state index in [-0.39, 0.29) is 11.9 Å². The Balaban J connectivity index is 1.68. The van der Waals surface area contributed by atoms with Gasteiger partial charge in [-0.2, -0.15) is 0 Å². The molecule has 1 unspecified atom stereocenters. The average molecular weight is 395 g/mol. The van der Waals surface area contributed by atoms with Gasteiger partial charge in [0.1, 0.15) is 0 Å². The molecular formula is C22H26N4OS. The molecule has 5 nitrogen and oxygen atoms in total. The van der Waals surface area contributed by atoms with Crippen LogP contribution < -0.4 is 5.32 Å². The zero-order valence-corrected chi connectivity index (χ0v) is 17.6. The number of thioether (sulfide) groups is 1. The molecule has 2 aromatic carbocycles. The Bertz CT molecular complexity index is 932. The third-order valence-electron chi connectivity index (χ3n) is 4.60. The van der Waals surface area contributed by atoms with E-state index in [2.05, 4.69) is 58.2 Å². The molecule has 0 aliphatic carbocycles. The van der Waals surface area contributed by atoms with Crippen LogP contribution in [0.2, 0.25) is 0 Å². The summed E-state index contributed by atoms with van der Waals surface area (Å²) in [6.45, 7) is 8.85. The molecule has 28 heavy (non-hydrogen) atoms. The van der Waals surface area contributed by atoms with E-state index in [0.29, 0.717) is 5.56 Å². The van der Waals surface area contributed by atoms with Crippen molar-refractivity contribution in [3.63, 3.8) is 0 Å². The molecule has 1 amide bonds. The molecule has 0 fully saturated rings. The lowest BCUT2D eigenvalue weighted by atomic mass is 10.1. The van der Waals surface area contributed by atoms with Crippen molar-refractivity contribution in [2.45, 2.75) is 51.2 Å². The summed E-state index contributed by atoms with van der Waals surface area (Å²) < 4.78 is 2.07. The molecule has 1 atom stereocenters. The van der Waals surface area contributed by atoms with E-state index in [9.17, 15) is 4.79 Å². The van der Waals surface area contributed by atoms with Crippen LogP contribution in [0, 0.1) is 13.8 Å². The minimum Gasteiger partial charge on any atom is -0.342 e. The second-order valence-electron chi connectivity index (χ2n) is 6.92. The number of rotatable bonds is 7. The maximum Gasteiger partial charge on any atom is 0.251 e. The second-order valence-corrected chi connectivity index (χ2v) is 7.86. The lowest BCUT2D eigenvalue weighted by Crippen LogP contribution is -2.28. The molecule has 146 valence electrons. The molecule has 0 spiro atoms. The van der Waals surface area contributed by atoms with Crippen LogP contribution in [0.15, 0.2) is 53.7 Å². The summed E-state index contributed by atoms with van der Waals surface area (Å²) in [7, 11) is 0. The van der Waals surface area contributed by atoms with Crippen molar-refractivity contribution in [1.82, 2.24) is 20.1 Å². The first kappa shape index (κ1) is 20.1. The Morgan fingerprint density at radius 3 is 2.25 bits per heavy atom. The molecule has 1 N–H and O–H groups in total. The number of carbonyl (C=O) groups is 1. The minimum absolute atomic E-state index is 0.105. The number of hydrogen-bond acceptors (Lipinski definition) is 4. The van der Waals surface area contributed by atoms with Crippen LogP contribution in [0.1, 0.15) is 52.8 Å². The van der Waals surface area contributed by atoms with E-state index in [1.54, 1.807) is 11.8 Å². The van der Waals surface area contributed by atoms with Gasteiger partial charge in [-0.1, -0.05) is 59.3 Å². The normalized spacial score (nSPS) is 12.0. The third-order valence-corrected chi connectivity index (χ3v) is 5.64. The maximum atomic E-state index is 12.5. The topological polar surface area (TPSA) is 59.8 Å². The zero-order chi connectivity index (χ0) is 20.1. The fourth-order valence-electron chi connectivity index (χ4n) is 2.91. The van der Waals surface area contributed by atoms with Crippen molar-refractivity contribution < 1.29 is 4.79 Å². The summed E-state index contributed by atoms with van der Waals surface area (Å²) in [6.07, 6.45) is 0. The fourth-order valence-corrected chi connectivity index (χ4v) is 3.87. The highest BCUT2D eigenvalue weighted by Gasteiger charge is 2.19. The fraction of sp³-hybridized carbons (Fsp3) is 0.318. The summed E-state index contributed by atoms with van der Waals surface area (Å²) >= 11 is 1.66. The molecule has 3 rings (SSSR count). The summed E-state index contributed by atoms with van der Waals surface area (Å²) in [6, 6.07) is 15.8. The smallest absolute Gasteiger partial charge is 0.251 e. The Morgan fingerprint density at radius 1 is 1.04 bits per heavy atom. The first-order valence-corrected chi connectivity index (χ1v) is 10.5. The molecule has 0 bridgehead atoms. The lowest BCUT2D eigenvalue weighted by molar-refractivity contribution is 0.0937. The van der Waals surface area contributed by atoms with Gasteiger partial charge >= 0.3 is 0 Å². The molecule has 1 aromatic heterocycles. The van der Waals surface area contributed by atoms with E-state index < -0.39 is 0 Å². The Kier molecular flexibility index (Phi) is 6.52. The number of nitrogens with zero attached hydrogens (tertiary/aromatic N) is 3. The maximum absolute atomic E-state index is 12.5. The van der Waals surface area contributed by atoms with Crippen molar-refractivity contribution >= 4 is 17.7 Å². The number of hydrogen-bond donors (Lipinski definition) is 1. The molecule has 3 aromatic rings. The number of amides is 1. The Morgan fingerprint density at radius 2 is 1.64 bits per heavy atom. The zero-order valence-electron chi connectivity index (χ0n) is 16.8. The molecule has 0 saturated heterocycles. The van der Waals surface area contributed by atoms with Crippen LogP contribution in [-0.4, -0.2) is 20.7 Å². The van der Waals surface area contributed by atoms with Crippen LogP contribution in [0.5, 0.6) is 0 Å². The Labute approximate surface area is 170 Å². The van der Waals surface area contributed by atoms with Gasteiger partial charge in [0.05, 0.1) is 6.04 Å². The largest absolute Gasteiger partial charge is 0.342 e. The van der Waals surface area contributed by atoms with Crippen LogP contribution in [-0.2, 0) is 12.3 Å². The third kappa shape index (κ3) is 4.81. The first-order valence-electron chi connectivity index (χ1n) is 9.47. The van der Waals surface area contributed by atoms with Crippen molar-refractivity contribution in [3.8, 4) is 0 Å². The van der Waals surface area contributed by atoms with Gasteiger partial charge in [-0.15, -0.1) is 10.2 Å². The van der Waals surface area contributed by atoms with E-state index in [0.717, 1.165) is 28.8 Å². The average Bonchev–Trinajstić information content (AvgIpc) is 3.11. The van der Waals surface area contributed by atoms with Gasteiger partial charge in [0, 0.05) is 17.9 Å². The van der Waals surface area contributed by atoms with Crippen LogP contribution in [0.4, 0.5) is 0 Å². The molecule has 0 radical (unpaired) electrons. The van der Waals surface area contributed by atoms with Gasteiger partial charge in [-0.3, -0.25) is 4.79 Å². The lowest BCUT2D eigenvalue weighted by Gasteiger charge is -2.15. The highest BCUT2D eigenvalue weighted by molar-refractivity contribution is 7.98. The number of aryl methyl sites for hydroxylation is 2. The standard InChI is InChI=1S/C22H26N4OS/c1-5-26-20(17(4)23-21(27)19-12-8-16(3)9-13-19)24-25-22(26)28-14-18-10-6-15(2)7-11-18/h6-13,17H,5,14H2,1-4H3,(H,23,27). The van der Waals surface area contributed by atoms with Gasteiger partial charge in [0.25, 0.3) is 5.91 Å².